The lowest BCUT2D eigenvalue weighted by molar-refractivity contribution is -0.139. The number of fused-ring (bicyclic) bond motifs is 4. The minimum absolute atomic E-state index is 0.0889. The molecule has 0 radical (unpaired) electrons. The highest BCUT2D eigenvalue weighted by Gasteiger charge is 2.40. The number of rotatable bonds is 25. The van der Waals surface area contributed by atoms with Crippen LogP contribution in [0.3, 0.4) is 0 Å². The number of hydrogen-bond donors (Lipinski definition) is 1. The molecule has 0 amide bonds. The van der Waals surface area contributed by atoms with E-state index in [0.29, 0.717) is 34.8 Å². The number of nitrogens with zero attached hydrogens (tertiary/aromatic N) is 16. The van der Waals surface area contributed by atoms with Crippen LogP contribution in [0.2, 0.25) is 0 Å². The summed E-state index contributed by atoms with van der Waals surface area (Å²) in [5.41, 5.74) is 33.3. The topological polar surface area (TPSA) is 343 Å². The van der Waals surface area contributed by atoms with Crippen LogP contribution in [0.5, 0.6) is 0 Å². The molecule has 0 spiro atoms. The third-order valence-electron chi connectivity index (χ3n) is 29.5. The monoisotopic (exact) mass is 1970 g/mol. The van der Waals surface area contributed by atoms with Crippen molar-refractivity contribution in [2.24, 2.45) is 23.7 Å². The molecule has 0 aliphatic heterocycles. The zero-order valence-electron chi connectivity index (χ0n) is 84.3. The van der Waals surface area contributed by atoms with E-state index in [1.165, 1.54) is 85.5 Å². The van der Waals surface area contributed by atoms with Crippen molar-refractivity contribution in [1.29, 1.82) is 0 Å². The van der Waals surface area contributed by atoms with Gasteiger partial charge in [0.15, 0.2) is 0 Å². The molecule has 1 N–H and O–H groups in total. The fraction of sp³-hybridized carbons (Fsp3) is 0.267. The summed E-state index contributed by atoms with van der Waals surface area (Å²) in [6.07, 6.45) is 38.3. The molecule has 20 aromatic rings. The van der Waals surface area contributed by atoms with Crippen LogP contribution in [0, 0.1) is 79.1 Å². The summed E-state index contributed by atoms with van der Waals surface area (Å²) >= 11 is 0. The number of esters is 3. The van der Waals surface area contributed by atoms with Crippen LogP contribution in [0.15, 0.2) is 287 Å². The van der Waals surface area contributed by atoms with Crippen molar-refractivity contribution in [3.05, 3.63) is 359 Å². The molecule has 4 aliphatic carbocycles. The lowest BCUT2D eigenvalue weighted by Crippen LogP contribution is -2.19. The lowest BCUT2D eigenvalue weighted by atomic mass is 9.94. The molecule has 16 heterocycles. The number of aryl methyl sites for hydroxylation is 8. The van der Waals surface area contributed by atoms with Crippen molar-refractivity contribution in [1.82, 2.24) is 78.8 Å². The van der Waals surface area contributed by atoms with Crippen molar-refractivity contribution < 1.29 is 56.6 Å². The number of carbonyl (C=O) groups excluding carboxylic acids is 3. The van der Waals surface area contributed by atoms with Crippen LogP contribution in [-0.2, 0) is 25.4 Å². The van der Waals surface area contributed by atoms with Gasteiger partial charge in [-0.25, -0.2) is 14.4 Å². The standard InChI is InChI=1S/C32H32N4O3.C31H30N4O3.C29H26N4O3.C28H24N4O3/c1-20-30(21(2)39-35-20)25-17-28-31(34-18-25)26(23-13-11-22(12-14-23)16-29(37)38-3)19-36(28)32(24-8-4-5-9-24)27-10-6-7-15-33-27;1-19-28(20(2)38-34-19)24-16-27-29(33-17-24)25(21-11-13-23(14-12-21)31(36)37-3)18-35(27)30(22-8-4-5-9-22)26-10-6-7-15-32-26;1-17-26(18(2)36-32-17)22-14-25-27(31-15-22)23(19-7-11-21(12-8-19)29(34)35-3)16-33(25)28(20-9-10-20)24-6-4-5-13-30-24;1-16-25(17(2)35-31-16)21-13-24-26(30-14-21)22(18-6-10-20(11-7-18)28(33)34)15-32(24)27(19-8-9-19)23-5-3-4-12-29-23/h6-7,10-15,17-19,24,32H,4-5,8-9,16H2,1-3H3;6-7,10-18,22,30H,4-5,8-9H2,1-3H3;4-8,11-16,20,28H,9-10H2,1-3H3;3-7,10-15,19,27H,8-9H2,1-2H3,(H,33,34)/t;;28-;27-/m..00/s1. The van der Waals surface area contributed by atoms with E-state index in [1.54, 1.807) is 36.4 Å². The van der Waals surface area contributed by atoms with Crippen molar-refractivity contribution in [3.8, 4) is 89.0 Å². The molecule has 744 valence electrons. The number of ether oxygens (including phenoxy) is 3. The highest BCUT2D eigenvalue weighted by atomic mass is 16.5. The number of benzene rings is 4. The summed E-state index contributed by atoms with van der Waals surface area (Å²) < 4.78 is 45.8. The zero-order chi connectivity index (χ0) is 102. The van der Waals surface area contributed by atoms with Gasteiger partial charge in [0.1, 0.15) is 23.0 Å². The van der Waals surface area contributed by atoms with Crippen LogP contribution >= 0.6 is 0 Å². The van der Waals surface area contributed by atoms with Gasteiger partial charge < -0.3 is 55.7 Å². The first-order chi connectivity index (χ1) is 72.1. The van der Waals surface area contributed by atoms with Gasteiger partial charge in [-0.3, -0.25) is 44.7 Å². The smallest absolute Gasteiger partial charge is 0.337 e. The van der Waals surface area contributed by atoms with E-state index in [4.69, 9.17) is 72.2 Å². The molecule has 4 saturated carbocycles. The predicted octanol–water partition coefficient (Wildman–Crippen LogP) is 26.0. The molecule has 4 aliphatic rings. The Morgan fingerprint density at radius 1 is 0.318 bits per heavy atom. The fourth-order valence-corrected chi connectivity index (χ4v) is 22.1. The molecule has 28 nitrogen and oxygen atoms in total. The van der Waals surface area contributed by atoms with E-state index in [-0.39, 0.29) is 54.1 Å². The van der Waals surface area contributed by atoms with Gasteiger partial charge in [-0.15, -0.1) is 0 Å². The minimum Gasteiger partial charge on any atom is -0.478 e. The summed E-state index contributed by atoms with van der Waals surface area (Å²) in [6, 6.07) is 63.7. The number of aromatic nitrogens is 16. The number of aromatic carboxylic acids is 1. The second-order valence-electron chi connectivity index (χ2n) is 39.0. The Hall–Kier alpha value is -17.0. The Bertz CT molecular complexity index is 8170. The molecule has 16 aromatic heterocycles. The molecule has 24 rings (SSSR count). The van der Waals surface area contributed by atoms with Crippen molar-refractivity contribution in [2.45, 2.75) is 163 Å². The molecule has 0 saturated heterocycles. The maximum atomic E-state index is 12.0. The SMILES string of the molecule is COC(=O)Cc1ccc(-c2cn(C(c3ccccn3)C3CCCC3)c3cc(-c4c(C)noc4C)cnc23)cc1.COC(=O)c1ccc(-c2cn(C(c3ccccn3)C3CCCC3)c3cc(-c4c(C)noc4C)cnc23)cc1.COC(=O)c1ccc(-c2cn([C@H](c3ccccn3)C3CC3)c3cc(-c4c(C)noc4C)cnc23)cc1.Cc1noc(C)c1-c1cnc2c(-c3ccc(C(=O)O)cc3)cn([C@H](c3ccccn3)C3CC3)c2c1. The number of carboxylic acids is 1. The van der Waals surface area contributed by atoms with Crippen LogP contribution < -0.4 is 0 Å². The zero-order valence-corrected chi connectivity index (χ0v) is 84.3. The fourth-order valence-electron chi connectivity index (χ4n) is 22.1. The summed E-state index contributed by atoms with van der Waals surface area (Å²) in [6.45, 7) is 15.5. The molecule has 148 heavy (non-hydrogen) atoms. The molecule has 28 heteroatoms. The van der Waals surface area contributed by atoms with Crippen LogP contribution in [-0.4, -0.2) is 129 Å². The van der Waals surface area contributed by atoms with Gasteiger partial charge in [-0.2, -0.15) is 0 Å². The normalized spacial score (nSPS) is 14.5. The summed E-state index contributed by atoms with van der Waals surface area (Å²) in [5, 5.41) is 25.9. The van der Waals surface area contributed by atoms with E-state index in [1.807, 2.05) is 190 Å². The first-order valence-corrected chi connectivity index (χ1v) is 50.4. The lowest BCUT2D eigenvalue weighted by Gasteiger charge is -2.26. The summed E-state index contributed by atoms with van der Waals surface area (Å²) in [5.74, 6) is 3.20. The average Bonchev–Trinajstić information content (AvgIpc) is 1.62. The van der Waals surface area contributed by atoms with Gasteiger partial charge in [0.05, 0.1) is 158 Å². The van der Waals surface area contributed by atoms with E-state index in [2.05, 4.69) is 136 Å². The number of carbonyl (C=O) groups is 4. The van der Waals surface area contributed by atoms with Gasteiger partial charge in [0.25, 0.3) is 0 Å². The predicted molar refractivity (Wildman–Crippen MR) is 565 cm³/mol. The van der Waals surface area contributed by atoms with Crippen LogP contribution in [0.1, 0.15) is 206 Å². The molecular formula is C120H112N16O12. The largest absolute Gasteiger partial charge is 0.478 e. The molecule has 4 aromatic carbocycles. The van der Waals surface area contributed by atoms with Crippen molar-refractivity contribution >= 4 is 68.0 Å². The first kappa shape index (κ1) is 97.1. The van der Waals surface area contributed by atoms with Crippen LogP contribution in [0.4, 0.5) is 0 Å². The maximum absolute atomic E-state index is 12.0. The minimum atomic E-state index is -0.940. The van der Waals surface area contributed by atoms with Crippen molar-refractivity contribution in [3.63, 3.8) is 0 Å². The van der Waals surface area contributed by atoms with Crippen molar-refractivity contribution in [2.75, 3.05) is 21.3 Å². The maximum Gasteiger partial charge on any atom is 0.337 e. The number of pyridine rings is 8. The molecule has 2 unspecified atom stereocenters. The molecule has 0 bridgehead atoms. The van der Waals surface area contributed by atoms with E-state index >= 15 is 0 Å². The van der Waals surface area contributed by atoms with E-state index in [0.717, 1.165) is 220 Å². The Balaban J connectivity index is 0.000000116. The number of carboxylic acid groups (broad SMARTS) is 1. The highest BCUT2D eigenvalue weighted by molar-refractivity contribution is 6.01. The quantitative estimate of drug-likeness (QED) is 0.0410. The van der Waals surface area contributed by atoms with Gasteiger partial charge in [-0.05, 0) is 267 Å². The van der Waals surface area contributed by atoms with Gasteiger partial charge >= 0.3 is 23.9 Å². The third kappa shape index (κ3) is 19.5. The number of methoxy groups -OCH3 is 3. The Kier molecular flexibility index (Phi) is 27.5. The molecule has 4 atom stereocenters. The first-order valence-electron chi connectivity index (χ1n) is 50.4. The molecular weight excluding hydrogens is 1860 g/mol. The Labute approximate surface area is 854 Å². The van der Waals surface area contributed by atoms with E-state index in [9.17, 15) is 24.3 Å². The Morgan fingerprint density at radius 2 is 0.574 bits per heavy atom. The van der Waals surface area contributed by atoms with Gasteiger partial charge in [0.2, 0.25) is 0 Å². The van der Waals surface area contributed by atoms with Gasteiger partial charge in [-0.1, -0.05) is 131 Å². The molecule has 4 fully saturated rings. The summed E-state index contributed by atoms with van der Waals surface area (Å²) in [4.78, 5) is 86.0. The van der Waals surface area contributed by atoms with E-state index < -0.39 is 5.97 Å². The average molecular weight is 1970 g/mol. The highest BCUT2D eigenvalue weighted by Crippen LogP contribution is 2.51. The summed E-state index contributed by atoms with van der Waals surface area (Å²) in [7, 11) is 4.20. The van der Waals surface area contributed by atoms with Gasteiger partial charge in [0, 0.05) is 141 Å². The number of hydrogen-bond acceptors (Lipinski definition) is 23. The third-order valence-corrected chi connectivity index (χ3v) is 29.5. The Morgan fingerprint density at radius 3 is 0.797 bits per heavy atom. The second-order valence-corrected chi connectivity index (χ2v) is 39.0. The second kappa shape index (κ2) is 42.0. The van der Waals surface area contributed by atoms with Crippen LogP contribution in [0.25, 0.3) is 133 Å².